The molecule has 0 aliphatic heterocycles. The maximum atomic E-state index is 13.8. The van der Waals surface area contributed by atoms with E-state index in [1.54, 1.807) is 18.2 Å². The van der Waals surface area contributed by atoms with E-state index < -0.39 is 17.8 Å². The minimum Gasteiger partial charge on any atom is -0.453 e. The second kappa shape index (κ2) is 10.9. The minimum absolute atomic E-state index is 0.0202. The van der Waals surface area contributed by atoms with Gasteiger partial charge in [0.15, 0.2) is 0 Å². The summed E-state index contributed by atoms with van der Waals surface area (Å²) in [5, 5.41) is 9.26. The van der Waals surface area contributed by atoms with E-state index >= 15 is 0 Å². The first-order valence-electron chi connectivity index (χ1n) is 10.4. The summed E-state index contributed by atoms with van der Waals surface area (Å²) in [6.45, 7) is 1.94. The highest BCUT2D eigenvalue weighted by Crippen LogP contribution is 2.21. The summed E-state index contributed by atoms with van der Waals surface area (Å²) in [4.78, 5) is 28.3. The zero-order valence-corrected chi connectivity index (χ0v) is 18.7. The Morgan fingerprint density at radius 3 is 2.25 bits per heavy atom. The highest BCUT2D eigenvalue weighted by atomic mass is 35.5. The molecule has 1 aliphatic rings. The predicted molar refractivity (Wildman–Crippen MR) is 123 cm³/mol. The third-order valence-corrected chi connectivity index (χ3v) is 5.43. The zero-order valence-electron chi connectivity index (χ0n) is 18.0. The van der Waals surface area contributed by atoms with Gasteiger partial charge in [0, 0.05) is 28.4 Å². The Morgan fingerprint density at radius 2 is 1.66 bits per heavy atom. The second-order valence-electron chi connectivity index (χ2n) is 7.74. The molecular weight excluding hydrogens is 435 g/mol. The van der Waals surface area contributed by atoms with E-state index in [1.807, 2.05) is 19.1 Å². The number of guanidine groups is 1. The number of rotatable bonds is 4. The van der Waals surface area contributed by atoms with Gasteiger partial charge in [0.2, 0.25) is 5.96 Å². The topological polar surface area (TPSA) is 91.8 Å². The lowest BCUT2D eigenvalue weighted by atomic mass is 9.91. The van der Waals surface area contributed by atoms with Crippen LogP contribution in [0.15, 0.2) is 47.5 Å². The van der Waals surface area contributed by atoms with Crippen molar-refractivity contribution in [3.8, 4) is 0 Å². The smallest absolute Gasteiger partial charge is 0.407 e. The molecule has 7 nitrogen and oxygen atoms in total. The quantitative estimate of drug-likeness (QED) is 0.456. The van der Waals surface area contributed by atoms with Gasteiger partial charge in [0.25, 0.3) is 5.91 Å². The Bertz CT molecular complexity index is 969. The maximum absolute atomic E-state index is 13.8. The average Bonchev–Trinajstić information content (AvgIpc) is 2.74. The zero-order chi connectivity index (χ0) is 23.1. The van der Waals surface area contributed by atoms with E-state index in [4.69, 9.17) is 11.6 Å². The Balaban J connectivity index is 1.74. The Hall–Kier alpha value is -3.13. The van der Waals surface area contributed by atoms with Crippen LogP contribution < -0.4 is 16.0 Å². The number of hydrogen-bond acceptors (Lipinski definition) is 3. The molecule has 1 aliphatic carbocycles. The first-order valence-corrected chi connectivity index (χ1v) is 10.7. The molecule has 0 spiro atoms. The average molecular weight is 461 g/mol. The number of aryl methyl sites for hydroxylation is 1. The van der Waals surface area contributed by atoms with Crippen LogP contribution in [0.4, 0.5) is 14.9 Å². The summed E-state index contributed by atoms with van der Waals surface area (Å²) in [5.41, 5.74) is 1.85. The Kier molecular flexibility index (Phi) is 8.05. The van der Waals surface area contributed by atoms with Crippen LogP contribution in [0.5, 0.6) is 0 Å². The number of carbonyl (C=O) groups is 2. The van der Waals surface area contributed by atoms with Crippen molar-refractivity contribution >= 4 is 35.2 Å². The number of anilines is 1. The molecular formula is C23H26ClFN4O3. The van der Waals surface area contributed by atoms with Crippen LogP contribution in [0.3, 0.4) is 0 Å². The first-order chi connectivity index (χ1) is 15.3. The molecule has 3 rings (SSSR count). The molecule has 2 aromatic carbocycles. The third kappa shape index (κ3) is 6.95. The Morgan fingerprint density at radius 1 is 1.03 bits per heavy atom. The van der Waals surface area contributed by atoms with Crippen LogP contribution in [0.1, 0.15) is 41.6 Å². The van der Waals surface area contributed by atoms with Crippen LogP contribution in [-0.4, -0.2) is 37.2 Å². The normalized spacial score (nSPS) is 18.6. The summed E-state index contributed by atoms with van der Waals surface area (Å²) in [7, 11) is 1.33. The van der Waals surface area contributed by atoms with Crippen molar-refractivity contribution in [3.63, 3.8) is 0 Å². The van der Waals surface area contributed by atoms with E-state index in [0.717, 1.165) is 31.2 Å². The van der Waals surface area contributed by atoms with Crippen molar-refractivity contribution in [2.24, 2.45) is 4.99 Å². The number of hydrogen-bond donors (Lipinski definition) is 3. The van der Waals surface area contributed by atoms with Crippen LogP contribution in [-0.2, 0) is 4.74 Å². The van der Waals surface area contributed by atoms with Gasteiger partial charge < -0.3 is 20.7 Å². The number of alkyl carbamates (subject to hydrolysis) is 1. The fraction of sp³-hybridized carbons (Fsp3) is 0.348. The van der Waals surface area contributed by atoms with E-state index in [0.29, 0.717) is 11.3 Å². The van der Waals surface area contributed by atoms with Crippen molar-refractivity contribution in [1.29, 1.82) is 0 Å². The molecule has 0 aromatic heterocycles. The highest BCUT2D eigenvalue weighted by molar-refractivity contribution is 6.31. The molecule has 0 unspecified atom stereocenters. The van der Waals surface area contributed by atoms with Crippen LogP contribution in [0.25, 0.3) is 0 Å². The lowest BCUT2D eigenvalue weighted by Gasteiger charge is -2.30. The molecule has 0 heterocycles. The molecule has 32 heavy (non-hydrogen) atoms. The standard InChI is InChI=1S/C23H26ClFN4O3/c1-14-3-5-15(6-4-14)21(30)29-22(27-20-12-16(24)11-17(25)13-20)26-18-7-9-19(10-8-18)28-23(31)32-2/h3-6,11-13,18-19H,7-10H2,1-2H3,(H,28,31)(H2,26,27,29,30). The number of nitrogens with zero attached hydrogens (tertiary/aromatic N) is 1. The van der Waals surface area contributed by atoms with Crippen molar-refractivity contribution in [1.82, 2.24) is 10.6 Å². The molecule has 0 radical (unpaired) electrons. The van der Waals surface area contributed by atoms with Gasteiger partial charge in [-0.1, -0.05) is 29.3 Å². The fourth-order valence-corrected chi connectivity index (χ4v) is 3.74. The molecule has 0 saturated heterocycles. The minimum atomic E-state index is -0.501. The predicted octanol–water partition coefficient (Wildman–Crippen LogP) is 4.65. The molecule has 2 amide bonds. The van der Waals surface area contributed by atoms with E-state index in [1.165, 1.54) is 19.2 Å². The van der Waals surface area contributed by atoms with Gasteiger partial charge in [-0.15, -0.1) is 0 Å². The van der Waals surface area contributed by atoms with Gasteiger partial charge in [-0.25, -0.2) is 9.18 Å². The SMILES string of the molecule is COC(=O)NC1CCC(N/C(=N\C(=O)c2ccc(C)cc2)Nc2cc(F)cc(Cl)c2)CC1. The summed E-state index contributed by atoms with van der Waals surface area (Å²) in [5.74, 6) is -0.719. The largest absolute Gasteiger partial charge is 0.453 e. The number of aliphatic imine (C=N–C) groups is 1. The molecule has 1 fully saturated rings. The molecule has 9 heteroatoms. The number of ether oxygens (including phenoxy) is 1. The van der Waals surface area contributed by atoms with Crippen LogP contribution >= 0.6 is 11.6 Å². The van der Waals surface area contributed by atoms with Crippen molar-refractivity contribution in [2.45, 2.75) is 44.7 Å². The number of amides is 2. The van der Waals surface area contributed by atoms with Gasteiger partial charge in [0.1, 0.15) is 5.82 Å². The van der Waals surface area contributed by atoms with Gasteiger partial charge in [-0.3, -0.25) is 4.79 Å². The fourth-order valence-electron chi connectivity index (χ4n) is 3.52. The molecule has 2 aromatic rings. The first kappa shape index (κ1) is 23.5. The van der Waals surface area contributed by atoms with Crippen LogP contribution in [0.2, 0.25) is 5.02 Å². The van der Waals surface area contributed by atoms with Gasteiger partial charge >= 0.3 is 6.09 Å². The summed E-state index contributed by atoms with van der Waals surface area (Å²) >= 11 is 5.96. The molecule has 1 saturated carbocycles. The van der Waals surface area contributed by atoms with E-state index in [-0.39, 0.29) is 23.1 Å². The number of carbonyl (C=O) groups excluding carboxylic acids is 2. The second-order valence-corrected chi connectivity index (χ2v) is 8.18. The third-order valence-electron chi connectivity index (χ3n) is 5.21. The van der Waals surface area contributed by atoms with Gasteiger partial charge in [0.05, 0.1) is 7.11 Å². The van der Waals surface area contributed by atoms with E-state index in [9.17, 15) is 14.0 Å². The van der Waals surface area contributed by atoms with E-state index in [2.05, 4.69) is 25.7 Å². The maximum Gasteiger partial charge on any atom is 0.407 e. The lowest BCUT2D eigenvalue weighted by Crippen LogP contribution is -2.45. The monoisotopic (exact) mass is 460 g/mol. The van der Waals surface area contributed by atoms with Crippen molar-refractivity contribution < 1.29 is 18.7 Å². The molecule has 0 atom stereocenters. The lowest BCUT2D eigenvalue weighted by molar-refractivity contribution is 0.100. The number of nitrogens with one attached hydrogen (secondary N) is 3. The van der Waals surface area contributed by atoms with Crippen molar-refractivity contribution in [2.75, 3.05) is 12.4 Å². The highest BCUT2D eigenvalue weighted by Gasteiger charge is 2.24. The molecule has 3 N–H and O–H groups in total. The van der Waals surface area contributed by atoms with Crippen LogP contribution in [0, 0.1) is 12.7 Å². The van der Waals surface area contributed by atoms with Crippen molar-refractivity contribution in [3.05, 3.63) is 64.4 Å². The molecule has 0 bridgehead atoms. The number of halogens is 2. The molecule has 170 valence electrons. The summed E-state index contributed by atoms with van der Waals surface area (Å²) < 4.78 is 18.4. The van der Waals surface area contributed by atoms with Gasteiger partial charge in [-0.2, -0.15) is 4.99 Å². The summed E-state index contributed by atoms with van der Waals surface area (Å²) in [6.07, 6.45) is 2.54. The van der Waals surface area contributed by atoms with Gasteiger partial charge in [-0.05, 0) is 62.9 Å². The summed E-state index contributed by atoms with van der Waals surface area (Å²) in [6, 6.07) is 11.2. The number of methoxy groups -OCH3 is 1. The number of benzene rings is 2. The Labute approximate surface area is 191 Å².